The third-order valence-corrected chi connectivity index (χ3v) is 4.81. The fourth-order valence-electron chi connectivity index (χ4n) is 3.57. The van der Waals surface area contributed by atoms with Crippen LogP contribution in [0.2, 0.25) is 0 Å². The molecule has 0 saturated carbocycles. The molecule has 0 bridgehead atoms. The first-order valence-electron chi connectivity index (χ1n) is 7.25. The van der Waals surface area contributed by atoms with Gasteiger partial charge in [-0.15, -0.1) is 0 Å². The van der Waals surface area contributed by atoms with E-state index in [0.717, 1.165) is 50.7 Å². The molecule has 19 heavy (non-hydrogen) atoms. The standard InChI is InChI=1S/C14H24N4O/c1-3-13-16-10(2)12(17-13)6-18-5-11-4-15-7-14(11,8-18)9-19/h11,15,19H,3-9H2,1-2H3,(H,16,17). The van der Waals surface area contributed by atoms with Gasteiger partial charge in [0, 0.05) is 43.7 Å². The summed E-state index contributed by atoms with van der Waals surface area (Å²) in [6, 6.07) is 0. The van der Waals surface area contributed by atoms with Crippen LogP contribution in [0.3, 0.4) is 0 Å². The van der Waals surface area contributed by atoms with E-state index in [4.69, 9.17) is 0 Å². The topological polar surface area (TPSA) is 64.2 Å². The molecular formula is C14H24N4O. The summed E-state index contributed by atoms with van der Waals surface area (Å²) < 4.78 is 0. The van der Waals surface area contributed by atoms with E-state index in [0.29, 0.717) is 12.5 Å². The van der Waals surface area contributed by atoms with Crippen LogP contribution in [-0.2, 0) is 13.0 Å². The van der Waals surface area contributed by atoms with Gasteiger partial charge in [0.15, 0.2) is 0 Å². The number of aromatic nitrogens is 2. The van der Waals surface area contributed by atoms with Crippen molar-refractivity contribution in [2.24, 2.45) is 11.3 Å². The molecule has 3 heterocycles. The van der Waals surface area contributed by atoms with E-state index >= 15 is 0 Å². The van der Waals surface area contributed by atoms with Crippen molar-refractivity contribution in [3.8, 4) is 0 Å². The summed E-state index contributed by atoms with van der Waals surface area (Å²) in [5, 5.41) is 13.1. The fraction of sp³-hybridized carbons (Fsp3) is 0.786. The fourth-order valence-corrected chi connectivity index (χ4v) is 3.57. The average molecular weight is 264 g/mol. The molecule has 0 amide bonds. The third-order valence-electron chi connectivity index (χ3n) is 4.81. The highest BCUT2D eigenvalue weighted by Crippen LogP contribution is 2.38. The molecule has 2 unspecified atom stereocenters. The monoisotopic (exact) mass is 264 g/mol. The molecule has 0 aromatic carbocycles. The molecule has 106 valence electrons. The molecule has 0 radical (unpaired) electrons. The van der Waals surface area contributed by atoms with Gasteiger partial charge in [0.1, 0.15) is 5.82 Å². The van der Waals surface area contributed by atoms with E-state index < -0.39 is 0 Å². The second-order valence-electron chi connectivity index (χ2n) is 6.13. The number of hydrogen-bond donors (Lipinski definition) is 3. The van der Waals surface area contributed by atoms with Crippen molar-refractivity contribution < 1.29 is 5.11 Å². The predicted molar refractivity (Wildman–Crippen MR) is 73.9 cm³/mol. The van der Waals surface area contributed by atoms with Gasteiger partial charge < -0.3 is 15.4 Å². The summed E-state index contributed by atoms with van der Waals surface area (Å²) in [5.74, 6) is 1.66. The van der Waals surface area contributed by atoms with E-state index in [2.05, 4.69) is 34.0 Å². The maximum absolute atomic E-state index is 9.72. The van der Waals surface area contributed by atoms with Crippen LogP contribution in [0.15, 0.2) is 0 Å². The Morgan fingerprint density at radius 3 is 3.00 bits per heavy atom. The minimum Gasteiger partial charge on any atom is -0.396 e. The van der Waals surface area contributed by atoms with Crippen LogP contribution in [0.25, 0.3) is 0 Å². The molecule has 3 N–H and O–H groups in total. The van der Waals surface area contributed by atoms with Crippen molar-refractivity contribution in [3.05, 3.63) is 17.2 Å². The van der Waals surface area contributed by atoms with Gasteiger partial charge in [0.2, 0.25) is 0 Å². The summed E-state index contributed by atoms with van der Waals surface area (Å²) in [6.07, 6.45) is 0.952. The molecular weight excluding hydrogens is 240 g/mol. The predicted octanol–water partition coefficient (Wildman–Crippen LogP) is 0.294. The van der Waals surface area contributed by atoms with Crippen molar-refractivity contribution in [2.45, 2.75) is 26.8 Å². The number of fused-ring (bicyclic) bond motifs is 1. The molecule has 5 nitrogen and oxygen atoms in total. The quantitative estimate of drug-likeness (QED) is 0.731. The molecule has 5 heteroatoms. The van der Waals surface area contributed by atoms with E-state index in [1.165, 1.54) is 5.69 Å². The van der Waals surface area contributed by atoms with Gasteiger partial charge in [0.25, 0.3) is 0 Å². The van der Waals surface area contributed by atoms with Gasteiger partial charge in [-0.25, -0.2) is 4.98 Å². The van der Waals surface area contributed by atoms with Gasteiger partial charge in [0.05, 0.1) is 12.3 Å². The van der Waals surface area contributed by atoms with Crippen molar-refractivity contribution in [1.29, 1.82) is 0 Å². The Bertz CT molecular complexity index is 458. The molecule has 2 saturated heterocycles. The average Bonchev–Trinajstić information content (AvgIpc) is 3.03. The number of likely N-dealkylation sites (tertiary alicyclic amines) is 1. The Labute approximate surface area is 114 Å². The Kier molecular flexibility index (Phi) is 3.37. The first-order chi connectivity index (χ1) is 9.16. The number of hydrogen-bond acceptors (Lipinski definition) is 4. The minimum absolute atomic E-state index is 0.0811. The van der Waals surface area contributed by atoms with Crippen LogP contribution < -0.4 is 5.32 Å². The highest BCUT2D eigenvalue weighted by atomic mass is 16.3. The van der Waals surface area contributed by atoms with E-state index in [9.17, 15) is 5.11 Å². The number of nitrogens with zero attached hydrogens (tertiary/aromatic N) is 2. The molecule has 2 aliphatic rings. The zero-order valence-corrected chi connectivity index (χ0v) is 11.9. The van der Waals surface area contributed by atoms with Gasteiger partial charge >= 0.3 is 0 Å². The Morgan fingerprint density at radius 2 is 2.37 bits per heavy atom. The number of imidazole rings is 1. The SMILES string of the molecule is CCc1nc(CN2CC3CNCC3(CO)C2)c(C)[nH]1. The zero-order valence-electron chi connectivity index (χ0n) is 11.9. The highest BCUT2D eigenvalue weighted by Gasteiger charge is 2.49. The third kappa shape index (κ3) is 2.20. The number of aliphatic hydroxyl groups is 1. The lowest BCUT2D eigenvalue weighted by atomic mass is 9.82. The minimum atomic E-state index is 0.0811. The second-order valence-corrected chi connectivity index (χ2v) is 6.13. The van der Waals surface area contributed by atoms with Crippen LogP contribution in [0, 0.1) is 18.3 Å². The van der Waals surface area contributed by atoms with Gasteiger partial charge in [-0.1, -0.05) is 6.92 Å². The number of nitrogens with one attached hydrogen (secondary N) is 2. The van der Waals surface area contributed by atoms with Crippen LogP contribution in [-0.4, -0.2) is 52.8 Å². The van der Waals surface area contributed by atoms with Crippen molar-refractivity contribution in [2.75, 3.05) is 32.8 Å². The van der Waals surface area contributed by atoms with Crippen LogP contribution >= 0.6 is 0 Å². The lowest BCUT2D eigenvalue weighted by molar-refractivity contribution is 0.124. The van der Waals surface area contributed by atoms with Gasteiger partial charge in [-0.2, -0.15) is 0 Å². The zero-order chi connectivity index (χ0) is 13.5. The molecule has 0 aliphatic carbocycles. The first kappa shape index (κ1) is 13.1. The number of aryl methyl sites for hydroxylation is 2. The largest absolute Gasteiger partial charge is 0.396 e. The Hall–Kier alpha value is -0.910. The molecule has 1 aromatic rings. The summed E-state index contributed by atoms with van der Waals surface area (Å²) in [5.41, 5.74) is 2.43. The summed E-state index contributed by atoms with van der Waals surface area (Å²) in [7, 11) is 0. The van der Waals surface area contributed by atoms with Crippen molar-refractivity contribution in [1.82, 2.24) is 20.2 Å². The maximum Gasteiger partial charge on any atom is 0.106 e. The first-order valence-corrected chi connectivity index (χ1v) is 7.25. The van der Waals surface area contributed by atoms with Crippen LogP contribution in [0.4, 0.5) is 0 Å². The Morgan fingerprint density at radius 1 is 1.53 bits per heavy atom. The lowest BCUT2D eigenvalue weighted by Gasteiger charge is -2.25. The van der Waals surface area contributed by atoms with Crippen molar-refractivity contribution >= 4 is 0 Å². The van der Waals surface area contributed by atoms with Crippen LogP contribution in [0.5, 0.6) is 0 Å². The molecule has 2 atom stereocenters. The second kappa shape index (κ2) is 4.89. The van der Waals surface area contributed by atoms with E-state index in [1.54, 1.807) is 0 Å². The lowest BCUT2D eigenvalue weighted by Crippen LogP contribution is -2.35. The van der Waals surface area contributed by atoms with Gasteiger partial charge in [-0.05, 0) is 19.4 Å². The molecule has 1 aromatic heterocycles. The molecule has 2 fully saturated rings. The number of rotatable bonds is 4. The maximum atomic E-state index is 9.72. The number of H-pyrrole nitrogens is 1. The van der Waals surface area contributed by atoms with Gasteiger partial charge in [-0.3, -0.25) is 4.90 Å². The van der Waals surface area contributed by atoms with Crippen molar-refractivity contribution in [3.63, 3.8) is 0 Å². The van der Waals surface area contributed by atoms with Crippen LogP contribution in [0.1, 0.15) is 24.1 Å². The Balaban J connectivity index is 1.70. The highest BCUT2D eigenvalue weighted by molar-refractivity contribution is 5.14. The van der Waals surface area contributed by atoms with E-state index in [1.807, 2.05) is 0 Å². The smallest absolute Gasteiger partial charge is 0.106 e. The molecule has 3 rings (SSSR count). The molecule has 0 spiro atoms. The number of aromatic amines is 1. The summed E-state index contributed by atoms with van der Waals surface area (Å²) >= 11 is 0. The molecule has 2 aliphatic heterocycles. The number of aliphatic hydroxyl groups excluding tert-OH is 1. The summed E-state index contributed by atoms with van der Waals surface area (Å²) in [4.78, 5) is 10.5. The van der Waals surface area contributed by atoms with E-state index in [-0.39, 0.29) is 5.41 Å². The summed E-state index contributed by atoms with van der Waals surface area (Å²) in [6.45, 7) is 9.45. The normalized spacial score (nSPS) is 31.0.